The molecule has 1 heterocycles. The SMILES string of the molecule is CC(C)(COC(=O)C(C)(C)S(=O)(=O)CCCC(F)(F)F)c1cc(CC(C)(C)S(=O)(=O)CCCC(F)(F)F)on1. The Kier molecular flexibility index (Phi) is 10.8. The Morgan fingerprint density at radius 1 is 0.846 bits per heavy atom. The van der Waals surface area contributed by atoms with E-state index in [-0.39, 0.29) is 17.9 Å². The molecule has 0 saturated carbocycles. The van der Waals surface area contributed by atoms with E-state index in [1.54, 1.807) is 13.8 Å². The van der Waals surface area contributed by atoms with Gasteiger partial charge in [0, 0.05) is 30.7 Å². The van der Waals surface area contributed by atoms with Gasteiger partial charge in [-0.25, -0.2) is 16.8 Å². The minimum absolute atomic E-state index is 0.112. The molecule has 0 unspecified atom stereocenters. The molecule has 1 aromatic rings. The van der Waals surface area contributed by atoms with Crippen molar-refractivity contribution in [2.45, 2.75) is 101 Å². The number of ether oxygens (including phenoxy) is 1. The zero-order chi connectivity index (χ0) is 30.7. The highest BCUT2D eigenvalue weighted by atomic mass is 32.2. The van der Waals surface area contributed by atoms with Crippen LogP contribution >= 0.6 is 0 Å². The van der Waals surface area contributed by atoms with Crippen LogP contribution in [0.2, 0.25) is 0 Å². The summed E-state index contributed by atoms with van der Waals surface area (Å²) in [5.41, 5.74) is -0.829. The number of rotatable bonds is 14. The van der Waals surface area contributed by atoms with Gasteiger partial charge in [0.1, 0.15) is 12.4 Å². The molecule has 0 fully saturated rings. The van der Waals surface area contributed by atoms with E-state index in [2.05, 4.69) is 5.16 Å². The molecule has 0 saturated heterocycles. The normalized spacial score (nSPS) is 14.5. The van der Waals surface area contributed by atoms with Gasteiger partial charge in [-0.15, -0.1) is 0 Å². The Bertz CT molecular complexity index is 1200. The Labute approximate surface area is 224 Å². The van der Waals surface area contributed by atoms with E-state index < -0.39 is 96.7 Å². The molecule has 0 amide bonds. The van der Waals surface area contributed by atoms with Crippen LogP contribution in [0.15, 0.2) is 10.6 Å². The van der Waals surface area contributed by atoms with Crippen molar-refractivity contribution >= 4 is 25.6 Å². The van der Waals surface area contributed by atoms with E-state index >= 15 is 0 Å². The van der Waals surface area contributed by atoms with E-state index in [1.165, 1.54) is 19.9 Å². The molecule has 1 rings (SSSR count). The number of carbonyl (C=O) groups excluding carboxylic acids is 1. The summed E-state index contributed by atoms with van der Waals surface area (Å²) in [6.07, 6.45) is -13.0. The largest absolute Gasteiger partial charge is 0.464 e. The molecule has 0 spiro atoms. The lowest BCUT2D eigenvalue weighted by Gasteiger charge is -2.27. The third-order valence-electron chi connectivity index (χ3n) is 6.27. The predicted octanol–water partition coefficient (Wildman–Crippen LogP) is 5.11. The molecule has 228 valence electrons. The molecule has 0 radical (unpaired) electrons. The van der Waals surface area contributed by atoms with Gasteiger partial charge in [0.05, 0.1) is 21.9 Å². The molecular weight excluding hydrogens is 580 g/mol. The van der Waals surface area contributed by atoms with Crippen LogP contribution in [0.5, 0.6) is 0 Å². The first-order valence-electron chi connectivity index (χ1n) is 11.9. The molecule has 39 heavy (non-hydrogen) atoms. The Morgan fingerprint density at radius 3 is 1.77 bits per heavy atom. The van der Waals surface area contributed by atoms with Crippen molar-refractivity contribution in [3.63, 3.8) is 0 Å². The second-order valence-electron chi connectivity index (χ2n) is 11.2. The van der Waals surface area contributed by atoms with Crippen LogP contribution in [-0.2, 0) is 41.0 Å². The van der Waals surface area contributed by atoms with Crippen molar-refractivity contribution in [3.8, 4) is 0 Å². The van der Waals surface area contributed by atoms with Gasteiger partial charge < -0.3 is 9.26 Å². The van der Waals surface area contributed by atoms with Gasteiger partial charge in [-0.2, -0.15) is 26.3 Å². The van der Waals surface area contributed by atoms with Crippen LogP contribution in [-0.4, -0.2) is 67.9 Å². The third-order valence-corrected chi connectivity index (χ3v) is 11.5. The first-order chi connectivity index (χ1) is 17.2. The van der Waals surface area contributed by atoms with Gasteiger partial charge in [0.2, 0.25) is 0 Å². The second kappa shape index (κ2) is 12.0. The summed E-state index contributed by atoms with van der Waals surface area (Å²) >= 11 is 0. The van der Waals surface area contributed by atoms with Crippen molar-refractivity contribution in [2.75, 3.05) is 18.1 Å². The maximum atomic E-state index is 12.6. The number of esters is 1. The second-order valence-corrected chi connectivity index (χ2v) is 16.6. The maximum absolute atomic E-state index is 12.6. The molecule has 16 heteroatoms. The standard InChI is InChI=1S/C23H35F6NO7S2/c1-19(2,15-36-18(31)21(5,6)39(34,35)12-8-10-23(27,28)29)17-13-16(37-30-17)14-20(3,4)38(32,33)11-7-9-22(24,25)26/h13H,7-12,14-15H2,1-6H3. The zero-order valence-electron chi connectivity index (χ0n) is 22.6. The molecule has 0 aliphatic rings. The van der Waals surface area contributed by atoms with Gasteiger partial charge in [-0.1, -0.05) is 19.0 Å². The molecule has 8 nitrogen and oxygen atoms in total. The Hall–Kier alpha value is -1.84. The number of aromatic nitrogens is 1. The van der Waals surface area contributed by atoms with Crippen LogP contribution in [0.25, 0.3) is 0 Å². The van der Waals surface area contributed by atoms with Crippen LogP contribution in [0.4, 0.5) is 26.3 Å². The van der Waals surface area contributed by atoms with Crippen LogP contribution < -0.4 is 0 Å². The molecule has 1 aromatic heterocycles. The number of nitrogens with zero attached hydrogens (tertiary/aromatic N) is 1. The van der Waals surface area contributed by atoms with Crippen LogP contribution in [0.1, 0.15) is 78.7 Å². The lowest BCUT2D eigenvalue weighted by atomic mass is 9.90. The molecule has 0 N–H and O–H groups in total. The van der Waals surface area contributed by atoms with E-state index in [0.29, 0.717) is 0 Å². The number of sulfone groups is 2. The van der Waals surface area contributed by atoms with Crippen molar-refractivity contribution in [3.05, 3.63) is 17.5 Å². The Morgan fingerprint density at radius 2 is 1.31 bits per heavy atom. The Balaban J connectivity index is 2.87. The molecule has 0 bridgehead atoms. The number of halogens is 6. The molecule has 0 aliphatic heterocycles. The number of hydrogen-bond donors (Lipinski definition) is 0. The summed E-state index contributed by atoms with van der Waals surface area (Å²) in [6, 6.07) is 1.40. The van der Waals surface area contributed by atoms with E-state index in [4.69, 9.17) is 9.26 Å². The molecule has 0 aromatic carbocycles. The highest BCUT2D eigenvalue weighted by molar-refractivity contribution is 7.93. The first kappa shape index (κ1) is 35.2. The predicted molar refractivity (Wildman–Crippen MR) is 131 cm³/mol. The number of alkyl halides is 6. The molecule has 0 aliphatic carbocycles. The quantitative estimate of drug-likeness (QED) is 0.209. The minimum Gasteiger partial charge on any atom is -0.464 e. The first-order valence-corrected chi connectivity index (χ1v) is 15.2. The average molecular weight is 616 g/mol. The van der Waals surface area contributed by atoms with Gasteiger partial charge in [0.15, 0.2) is 24.4 Å². The van der Waals surface area contributed by atoms with Gasteiger partial charge >= 0.3 is 18.3 Å². The highest BCUT2D eigenvalue weighted by Gasteiger charge is 2.44. The zero-order valence-corrected chi connectivity index (χ0v) is 24.3. The monoisotopic (exact) mass is 615 g/mol. The molecule has 0 atom stereocenters. The fraction of sp³-hybridized carbons (Fsp3) is 0.826. The summed E-state index contributed by atoms with van der Waals surface area (Å²) in [4.78, 5) is 12.6. The third kappa shape index (κ3) is 10.3. The summed E-state index contributed by atoms with van der Waals surface area (Å²) in [5, 5.41) is 3.87. The van der Waals surface area contributed by atoms with Crippen molar-refractivity contribution in [2.24, 2.45) is 0 Å². The van der Waals surface area contributed by atoms with Gasteiger partial charge in [-0.05, 0) is 40.5 Å². The summed E-state index contributed by atoms with van der Waals surface area (Å²) in [5.74, 6) is -2.59. The highest BCUT2D eigenvalue weighted by Crippen LogP contribution is 2.31. The summed E-state index contributed by atoms with van der Waals surface area (Å²) < 4.78 is 131. The van der Waals surface area contributed by atoms with Crippen molar-refractivity contribution in [1.82, 2.24) is 5.16 Å². The fourth-order valence-electron chi connectivity index (χ4n) is 3.32. The van der Waals surface area contributed by atoms with Gasteiger partial charge in [-0.3, -0.25) is 4.79 Å². The van der Waals surface area contributed by atoms with E-state index in [0.717, 1.165) is 13.8 Å². The van der Waals surface area contributed by atoms with Gasteiger partial charge in [0.25, 0.3) is 0 Å². The molecular formula is C23H35F6NO7S2. The summed E-state index contributed by atoms with van der Waals surface area (Å²) in [7, 11) is -8.24. The topological polar surface area (TPSA) is 121 Å². The van der Waals surface area contributed by atoms with Crippen LogP contribution in [0, 0.1) is 0 Å². The number of hydrogen-bond acceptors (Lipinski definition) is 8. The minimum atomic E-state index is -4.53. The fourth-order valence-corrected chi connectivity index (χ4v) is 6.11. The van der Waals surface area contributed by atoms with Crippen molar-refractivity contribution in [1.29, 1.82) is 0 Å². The van der Waals surface area contributed by atoms with E-state index in [1.807, 2.05) is 0 Å². The summed E-state index contributed by atoms with van der Waals surface area (Å²) in [6.45, 7) is 7.54. The maximum Gasteiger partial charge on any atom is 0.389 e. The van der Waals surface area contributed by atoms with Crippen LogP contribution in [0.3, 0.4) is 0 Å². The smallest absolute Gasteiger partial charge is 0.389 e. The average Bonchev–Trinajstić information content (AvgIpc) is 3.18. The van der Waals surface area contributed by atoms with Crippen molar-refractivity contribution < 1.29 is 57.2 Å². The van der Waals surface area contributed by atoms with E-state index in [9.17, 15) is 48.0 Å². The lowest BCUT2D eigenvalue weighted by Crippen LogP contribution is -2.44. The lowest BCUT2D eigenvalue weighted by molar-refractivity contribution is -0.147. The number of carbonyl (C=O) groups is 1.